The largest absolute Gasteiger partial charge is 0.481 e. The van der Waals surface area contributed by atoms with Crippen molar-refractivity contribution in [3.63, 3.8) is 0 Å². The van der Waals surface area contributed by atoms with Gasteiger partial charge in [-0.2, -0.15) is 0 Å². The maximum atomic E-state index is 12.4. The highest BCUT2D eigenvalue weighted by Crippen LogP contribution is 2.18. The van der Waals surface area contributed by atoms with Crippen molar-refractivity contribution in [2.45, 2.75) is 161 Å². The first-order valence-corrected chi connectivity index (χ1v) is 14.2. The smallest absolute Gasteiger partial charge is 0.306 e. The maximum Gasteiger partial charge on any atom is 0.306 e. The summed E-state index contributed by atoms with van der Waals surface area (Å²) < 4.78 is 5.86. The number of carboxylic acid groups (broad SMARTS) is 1. The molecule has 0 saturated carbocycles. The Morgan fingerprint density at radius 1 is 0.636 bits per heavy atom. The second-order valence-corrected chi connectivity index (χ2v) is 9.58. The van der Waals surface area contributed by atoms with E-state index in [-0.39, 0.29) is 18.5 Å². The summed E-state index contributed by atoms with van der Waals surface area (Å²) in [6.45, 7) is 4.44. The standard InChI is InChI=1S/C29H54O4/c1-3-5-7-9-11-12-13-14-16-22-26-29(32)33-27(23-19-15-10-8-6-4-2)24-20-17-18-21-25-28(30)31/h7,9,27H,3-6,8,10-26H2,1-2H3,(H,30,31)/b9-7-. The zero-order chi connectivity index (χ0) is 24.4. The summed E-state index contributed by atoms with van der Waals surface area (Å²) in [6, 6.07) is 0. The van der Waals surface area contributed by atoms with Crippen LogP contribution in [0, 0.1) is 0 Å². The third-order valence-electron chi connectivity index (χ3n) is 6.22. The molecule has 0 bridgehead atoms. The number of carboxylic acids is 1. The van der Waals surface area contributed by atoms with Crippen LogP contribution in [0.25, 0.3) is 0 Å². The third kappa shape index (κ3) is 25.1. The van der Waals surface area contributed by atoms with Gasteiger partial charge in [-0.05, 0) is 57.8 Å². The van der Waals surface area contributed by atoms with Gasteiger partial charge in [0.15, 0.2) is 0 Å². The molecule has 4 heteroatoms. The molecule has 1 N–H and O–H groups in total. The van der Waals surface area contributed by atoms with Gasteiger partial charge in [0.05, 0.1) is 0 Å². The van der Waals surface area contributed by atoms with E-state index in [0.29, 0.717) is 6.42 Å². The first-order valence-electron chi connectivity index (χ1n) is 14.2. The maximum absolute atomic E-state index is 12.4. The molecule has 0 aliphatic heterocycles. The van der Waals surface area contributed by atoms with Gasteiger partial charge in [-0.15, -0.1) is 0 Å². The Balaban J connectivity index is 4.01. The third-order valence-corrected chi connectivity index (χ3v) is 6.22. The van der Waals surface area contributed by atoms with E-state index in [1.807, 2.05) is 0 Å². The number of esters is 1. The van der Waals surface area contributed by atoms with E-state index in [2.05, 4.69) is 26.0 Å². The van der Waals surface area contributed by atoms with Crippen molar-refractivity contribution in [1.29, 1.82) is 0 Å². The number of hydrogen-bond acceptors (Lipinski definition) is 3. The fourth-order valence-corrected chi connectivity index (χ4v) is 4.13. The molecule has 0 aromatic carbocycles. The van der Waals surface area contributed by atoms with Crippen LogP contribution in [0.4, 0.5) is 0 Å². The van der Waals surface area contributed by atoms with Crippen molar-refractivity contribution < 1.29 is 19.4 Å². The Morgan fingerprint density at radius 3 is 1.76 bits per heavy atom. The van der Waals surface area contributed by atoms with Gasteiger partial charge in [-0.1, -0.05) is 96.6 Å². The molecular formula is C29H54O4. The van der Waals surface area contributed by atoms with Crippen LogP contribution in [0.5, 0.6) is 0 Å². The van der Waals surface area contributed by atoms with E-state index in [1.54, 1.807) is 0 Å². The van der Waals surface area contributed by atoms with E-state index >= 15 is 0 Å². The normalized spacial score (nSPS) is 12.3. The zero-order valence-electron chi connectivity index (χ0n) is 22.0. The molecule has 0 saturated heterocycles. The number of carbonyl (C=O) groups is 2. The van der Waals surface area contributed by atoms with Gasteiger partial charge >= 0.3 is 11.9 Å². The molecular weight excluding hydrogens is 412 g/mol. The lowest BCUT2D eigenvalue weighted by Gasteiger charge is -2.18. The van der Waals surface area contributed by atoms with Gasteiger partial charge in [0.1, 0.15) is 6.10 Å². The summed E-state index contributed by atoms with van der Waals surface area (Å²) in [4.78, 5) is 23.0. The highest BCUT2D eigenvalue weighted by Gasteiger charge is 2.14. The molecule has 194 valence electrons. The predicted octanol–water partition coefficient (Wildman–Crippen LogP) is 9.16. The molecule has 0 spiro atoms. The van der Waals surface area contributed by atoms with Crippen molar-refractivity contribution >= 4 is 11.9 Å². The molecule has 0 heterocycles. The molecule has 4 nitrogen and oxygen atoms in total. The SMILES string of the molecule is CCC/C=C\CCCCCCCC(=O)OC(CCCCCCCC)CCCCCCC(=O)O. The van der Waals surface area contributed by atoms with Gasteiger partial charge in [0.2, 0.25) is 0 Å². The first kappa shape index (κ1) is 31.7. The molecule has 0 aliphatic rings. The van der Waals surface area contributed by atoms with Crippen molar-refractivity contribution in [3.05, 3.63) is 12.2 Å². The van der Waals surface area contributed by atoms with E-state index in [0.717, 1.165) is 57.8 Å². The van der Waals surface area contributed by atoms with Crippen molar-refractivity contribution in [3.8, 4) is 0 Å². The lowest BCUT2D eigenvalue weighted by atomic mass is 10.0. The first-order chi connectivity index (χ1) is 16.1. The van der Waals surface area contributed by atoms with Crippen LogP contribution in [0.15, 0.2) is 12.2 Å². The Bertz CT molecular complexity index is 472. The van der Waals surface area contributed by atoms with E-state index in [9.17, 15) is 9.59 Å². The minimum Gasteiger partial charge on any atom is -0.481 e. The Hall–Kier alpha value is -1.32. The van der Waals surface area contributed by atoms with Crippen LogP contribution in [0.3, 0.4) is 0 Å². The summed E-state index contributed by atoms with van der Waals surface area (Å²) in [5.74, 6) is -0.743. The van der Waals surface area contributed by atoms with E-state index in [1.165, 1.54) is 70.6 Å². The molecule has 33 heavy (non-hydrogen) atoms. The second kappa shape index (κ2) is 25.3. The zero-order valence-corrected chi connectivity index (χ0v) is 22.0. The Labute approximate surface area is 204 Å². The van der Waals surface area contributed by atoms with Crippen molar-refractivity contribution in [1.82, 2.24) is 0 Å². The van der Waals surface area contributed by atoms with Gasteiger partial charge < -0.3 is 9.84 Å². The van der Waals surface area contributed by atoms with Gasteiger partial charge in [-0.3, -0.25) is 9.59 Å². The van der Waals surface area contributed by atoms with Crippen LogP contribution in [0.2, 0.25) is 0 Å². The summed E-state index contributed by atoms with van der Waals surface area (Å²) in [6.07, 6.45) is 27.9. The molecule has 0 amide bonds. The molecule has 1 unspecified atom stereocenters. The molecule has 1 atom stereocenters. The van der Waals surface area contributed by atoms with Crippen LogP contribution < -0.4 is 0 Å². The summed E-state index contributed by atoms with van der Waals surface area (Å²) >= 11 is 0. The highest BCUT2D eigenvalue weighted by atomic mass is 16.5. The number of rotatable bonds is 25. The fourth-order valence-electron chi connectivity index (χ4n) is 4.13. The minimum atomic E-state index is -0.714. The molecule has 0 aromatic heterocycles. The van der Waals surface area contributed by atoms with Crippen LogP contribution in [-0.4, -0.2) is 23.1 Å². The highest BCUT2D eigenvalue weighted by molar-refractivity contribution is 5.69. The molecule has 0 fully saturated rings. The quantitative estimate of drug-likeness (QED) is 0.0827. The number of allylic oxidation sites excluding steroid dienone is 2. The van der Waals surface area contributed by atoms with Crippen LogP contribution in [0.1, 0.15) is 155 Å². The van der Waals surface area contributed by atoms with Crippen LogP contribution in [-0.2, 0) is 14.3 Å². The summed E-state index contributed by atoms with van der Waals surface area (Å²) in [5.41, 5.74) is 0. The molecule has 0 radical (unpaired) electrons. The number of carbonyl (C=O) groups excluding carboxylic acids is 1. The molecule has 0 aromatic rings. The number of hydrogen-bond donors (Lipinski definition) is 1. The monoisotopic (exact) mass is 466 g/mol. The number of ether oxygens (including phenoxy) is 1. The topological polar surface area (TPSA) is 63.6 Å². The van der Waals surface area contributed by atoms with E-state index < -0.39 is 5.97 Å². The summed E-state index contributed by atoms with van der Waals surface area (Å²) in [5, 5.41) is 8.74. The lowest BCUT2D eigenvalue weighted by molar-refractivity contribution is -0.150. The predicted molar refractivity (Wildman–Crippen MR) is 140 cm³/mol. The Morgan fingerprint density at radius 2 is 1.15 bits per heavy atom. The number of aliphatic carboxylic acids is 1. The minimum absolute atomic E-state index is 0.0284. The van der Waals surface area contributed by atoms with Crippen molar-refractivity contribution in [2.75, 3.05) is 0 Å². The molecule has 0 aliphatic carbocycles. The van der Waals surface area contributed by atoms with Crippen molar-refractivity contribution in [2.24, 2.45) is 0 Å². The van der Waals surface area contributed by atoms with E-state index in [4.69, 9.17) is 9.84 Å². The van der Waals surface area contributed by atoms with Gasteiger partial charge in [0, 0.05) is 12.8 Å². The fraction of sp³-hybridized carbons (Fsp3) is 0.862. The van der Waals surface area contributed by atoms with Gasteiger partial charge in [-0.25, -0.2) is 0 Å². The average Bonchev–Trinajstić information content (AvgIpc) is 2.79. The average molecular weight is 467 g/mol. The number of unbranched alkanes of at least 4 members (excludes halogenated alkanes) is 14. The summed E-state index contributed by atoms with van der Waals surface area (Å²) in [7, 11) is 0. The Kier molecular flexibility index (Phi) is 24.3. The molecule has 0 rings (SSSR count). The van der Waals surface area contributed by atoms with Gasteiger partial charge in [0.25, 0.3) is 0 Å². The second-order valence-electron chi connectivity index (χ2n) is 9.58. The van der Waals surface area contributed by atoms with Crippen LogP contribution >= 0.6 is 0 Å². The lowest BCUT2D eigenvalue weighted by Crippen LogP contribution is -2.18.